The molecule has 0 saturated carbocycles. The van der Waals surface area contributed by atoms with Gasteiger partial charge in [-0.1, -0.05) is 23.4 Å². The number of nitrogens with one attached hydrogen (secondary N) is 1. The van der Waals surface area contributed by atoms with Gasteiger partial charge in [0, 0.05) is 18.0 Å². The van der Waals surface area contributed by atoms with Gasteiger partial charge in [0.15, 0.2) is 0 Å². The third kappa shape index (κ3) is 3.83. The zero-order valence-electron chi connectivity index (χ0n) is 8.93. The Hall–Kier alpha value is -1.17. The van der Waals surface area contributed by atoms with Gasteiger partial charge in [0.2, 0.25) is 0 Å². The van der Waals surface area contributed by atoms with E-state index < -0.39 is 0 Å². The summed E-state index contributed by atoms with van der Waals surface area (Å²) in [5, 5.41) is 3.71. The number of hydrogen-bond donors (Lipinski definition) is 1. The molecule has 0 atom stereocenters. The van der Waals surface area contributed by atoms with E-state index in [0.29, 0.717) is 5.02 Å². The van der Waals surface area contributed by atoms with Crippen LogP contribution in [-0.2, 0) is 0 Å². The van der Waals surface area contributed by atoms with Crippen molar-refractivity contribution in [2.24, 2.45) is 0 Å². The Morgan fingerprint density at radius 2 is 2.27 bits per heavy atom. The Labute approximate surface area is 95.6 Å². The second-order valence-corrected chi connectivity index (χ2v) is 3.44. The highest BCUT2D eigenvalue weighted by Crippen LogP contribution is 2.21. The summed E-state index contributed by atoms with van der Waals surface area (Å²) in [6, 6.07) is 5.43. The fourth-order valence-electron chi connectivity index (χ4n) is 1.12. The Morgan fingerprint density at radius 1 is 1.47 bits per heavy atom. The minimum absolute atomic E-state index is 0.675. The molecule has 0 spiro atoms. The van der Waals surface area contributed by atoms with Crippen LogP contribution in [0.15, 0.2) is 18.2 Å². The lowest BCUT2D eigenvalue weighted by atomic mass is 10.2. The maximum atomic E-state index is 5.88. The van der Waals surface area contributed by atoms with Crippen LogP contribution in [0.2, 0.25) is 5.02 Å². The van der Waals surface area contributed by atoms with Crippen LogP contribution in [0.25, 0.3) is 0 Å². The summed E-state index contributed by atoms with van der Waals surface area (Å²) >= 11 is 5.88. The van der Waals surface area contributed by atoms with Gasteiger partial charge in [0.25, 0.3) is 0 Å². The molecule has 1 aromatic carbocycles. The minimum atomic E-state index is 0.675. The van der Waals surface area contributed by atoms with Crippen LogP contribution in [0.1, 0.15) is 12.0 Å². The van der Waals surface area contributed by atoms with Crippen molar-refractivity contribution in [3.63, 3.8) is 0 Å². The molecule has 0 heterocycles. The Bertz CT molecular complexity index is 379. The second-order valence-electron chi connectivity index (χ2n) is 3.00. The highest BCUT2D eigenvalue weighted by molar-refractivity contribution is 6.30. The van der Waals surface area contributed by atoms with Crippen LogP contribution in [0.3, 0.4) is 0 Å². The molecule has 0 saturated heterocycles. The van der Waals surface area contributed by atoms with E-state index in [-0.39, 0.29) is 0 Å². The maximum absolute atomic E-state index is 5.88. The lowest BCUT2D eigenvalue weighted by molar-refractivity contribution is 0.413. The lowest BCUT2D eigenvalue weighted by Crippen LogP contribution is -2.05. The normalized spacial score (nSPS) is 9.27. The molecule has 0 aliphatic carbocycles. The Morgan fingerprint density at radius 3 is 2.93 bits per heavy atom. The van der Waals surface area contributed by atoms with Gasteiger partial charge >= 0.3 is 0 Å². The molecule has 1 aromatic rings. The summed E-state index contributed by atoms with van der Waals surface area (Å²) in [4.78, 5) is 0. The quantitative estimate of drug-likeness (QED) is 0.627. The van der Waals surface area contributed by atoms with Crippen molar-refractivity contribution in [1.29, 1.82) is 0 Å². The Balaban J connectivity index is 2.80. The van der Waals surface area contributed by atoms with Gasteiger partial charge in [0.1, 0.15) is 5.75 Å². The van der Waals surface area contributed by atoms with E-state index >= 15 is 0 Å². The molecule has 0 bridgehead atoms. The largest absolute Gasteiger partial charge is 0.495 e. The van der Waals surface area contributed by atoms with Gasteiger partial charge in [0.05, 0.1) is 12.7 Å². The fourth-order valence-corrected chi connectivity index (χ4v) is 1.30. The number of benzene rings is 1. The van der Waals surface area contributed by atoms with Crippen molar-refractivity contribution in [2.45, 2.75) is 6.42 Å². The molecule has 2 nitrogen and oxygen atoms in total. The summed E-state index contributed by atoms with van der Waals surface area (Å²) in [6.45, 7) is 0.885. The molecule has 15 heavy (non-hydrogen) atoms. The number of methoxy groups -OCH3 is 1. The lowest BCUT2D eigenvalue weighted by Gasteiger charge is -2.02. The molecular formula is C12H14ClNO. The van der Waals surface area contributed by atoms with Crippen molar-refractivity contribution in [3.05, 3.63) is 28.8 Å². The monoisotopic (exact) mass is 223 g/mol. The van der Waals surface area contributed by atoms with Crippen molar-refractivity contribution < 1.29 is 4.74 Å². The maximum Gasteiger partial charge on any atom is 0.134 e. The first kappa shape index (κ1) is 11.9. The molecule has 0 fully saturated rings. The molecule has 0 aromatic heterocycles. The van der Waals surface area contributed by atoms with E-state index in [1.807, 2.05) is 19.2 Å². The topological polar surface area (TPSA) is 21.3 Å². The van der Waals surface area contributed by atoms with Crippen LogP contribution < -0.4 is 10.1 Å². The summed E-state index contributed by atoms with van der Waals surface area (Å²) in [6.07, 6.45) is 0.812. The number of rotatable bonds is 3. The van der Waals surface area contributed by atoms with Crippen molar-refractivity contribution in [3.8, 4) is 17.6 Å². The number of hydrogen-bond acceptors (Lipinski definition) is 2. The molecule has 1 rings (SSSR count). The van der Waals surface area contributed by atoms with Gasteiger partial charge < -0.3 is 10.1 Å². The van der Waals surface area contributed by atoms with E-state index in [1.165, 1.54) is 0 Å². The van der Waals surface area contributed by atoms with Crippen LogP contribution in [0.5, 0.6) is 5.75 Å². The molecular weight excluding hydrogens is 210 g/mol. The molecule has 0 amide bonds. The molecule has 80 valence electrons. The molecule has 0 radical (unpaired) electrons. The van der Waals surface area contributed by atoms with Gasteiger partial charge in [-0.25, -0.2) is 0 Å². The smallest absolute Gasteiger partial charge is 0.134 e. The van der Waals surface area contributed by atoms with Crippen molar-refractivity contribution in [1.82, 2.24) is 5.32 Å². The predicted molar refractivity (Wildman–Crippen MR) is 63.4 cm³/mol. The zero-order valence-corrected chi connectivity index (χ0v) is 9.69. The SMILES string of the molecule is CNCCC#Cc1cc(Cl)ccc1OC. The molecule has 0 unspecified atom stereocenters. The van der Waals surface area contributed by atoms with Gasteiger partial charge in [-0.05, 0) is 25.2 Å². The standard InChI is InChI=1S/C12H14ClNO/c1-14-8-4-3-5-10-9-11(13)6-7-12(10)15-2/h6-7,9,14H,4,8H2,1-2H3. The third-order valence-corrected chi connectivity index (χ3v) is 2.12. The van der Waals surface area contributed by atoms with E-state index in [9.17, 15) is 0 Å². The first-order chi connectivity index (χ1) is 7.27. The summed E-state index contributed by atoms with van der Waals surface area (Å²) in [7, 11) is 3.53. The first-order valence-electron chi connectivity index (χ1n) is 4.75. The third-order valence-electron chi connectivity index (χ3n) is 1.88. The van der Waals surface area contributed by atoms with E-state index in [2.05, 4.69) is 17.2 Å². The molecule has 1 N–H and O–H groups in total. The van der Waals surface area contributed by atoms with Crippen LogP contribution in [-0.4, -0.2) is 20.7 Å². The van der Waals surface area contributed by atoms with E-state index in [0.717, 1.165) is 24.3 Å². The van der Waals surface area contributed by atoms with E-state index in [1.54, 1.807) is 13.2 Å². The predicted octanol–water partition coefficient (Wildman–Crippen LogP) is 2.31. The van der Waals surface area contributed by atoms with Crippen LogP contribution >= 0.6 is 11.6 Å². The highest BCUT2D eigenvalue weighted by Gasteiger charge is 1.99. The summed E-state index contributed by atoms with van der Waals surface area (Å²) in [5.41, 5.74) is 0.834. The second kappa shape index (κ2) is 6.34. The molecule has 3 heteroatoms. The highest BCUT2D eigenvalue weighted by atomic mass is 35.5. The first-order valence-corrected chi connectivity index (χ1v) is 5.12. The fraction of sp³-hybridized carbons (Fsp3) is 0.333. The summed E-state index contributed by atoms with van der Waals surface area (Å²) < 4.78 is 5.18. The van der Waals surface area contributed by atoms with Crippen molar-refractivity contribution >= 4 is 11.6 Å². The molecule has 0 aliphatic rings. The van der Waals surface area contributed by atoms with Crippen molar-refractivity contribution in [2.75, 3.05) is 20.7 Å². The van der Waals surface area contributed by atoms with Gasteiger partial charge in [-0.15, -0.1) is 0 Å². The van der Waals surface area contributed by atoms with Gasteiger partial charge in [-0.2, -0.15) is 0 Å². The zero-order chi connectivity index (χ0) is 11.1. The van der Waals surface area contributed by atoms with Crippen LogP contribution in [0, 0.1) is 11.8 Å². The van der Waals surface area contributed by atoms with Gasteiger partial charge in [-0.3, -0.25) is 0 Å². The van der Waals surface area contributed by atoms with Crippen LogP contribution in [0.4, 0.5) is 0 Å². The Kier molecular flexibility index (Phi) is 5.03. The molecule has 0 aliphatic heterocycles. The number of halogens is 1. The minimum Gasteiger partial charge on any atom is -0.495 e. The average Bonchev–Trinajstić information content (AvgIpc) is 2.25. The summed E-state index contributed by atoms with van der Waals surface area (Å²) in [5.74, 6) is 6.85. The number of ether oxygens (including phenoxy) is 1. The van der Waals surface area contributed by atoms with E-state index in [4.69, 9.17) is 16.3 Å². The average molecular weight is 224 g/mol.